The summed E-state index contributed by atoms with van der Waals surface area (Å²) in [7, 11) is -0.474. The Labute approximate surface area is 124 Å². The number of pyridine rings is 1. The number of nitrogens with zero attached hydrogens (tertiary/aromatic N) is 1. The number of ether oxygens (including phenoxy) is 1. The molecule has 0 aromatic carbocycles. The summed E-state index contributed by atoms with van der Waals surface area (Å²) in [6.07, 6.45) is 4.14. The minimum Gasteiger partial charge on any atom is -0.491 e. The normalized spacial score (nSPS) is 23.9. The van der Waals surface area contributed by atoms with Gasteiger partial charge in [0.15, 0.2) is 0 Å². The smallest absolute Gasteiger partial charge is 0.491 e. The van der Waals surface area contributed by atoms with Crippen molar-refractivity contribution in [3.05, 3.63) is 17.4 Å². The van der Waals surface area contributed by atoms with Gasteiger partial charge in [0.25, 0.3) is 0 Å². The van der Waals surface area contributed by atoms with E-state index in [1.807, 2.05) is 27.7 Å². The number of aromatic nitrogens is 1. The largest absolute Gasteiger partial charge is 0.500 e. The van der Waals surface area contributed by atoms with E-state index in [4.69, 9.17) is 25.6 Å². The van der Waals surface area contributed by atoms with E-state index in [2.05, 4.69) is 4.98 Å². The molecule has 1 saturated heterocycles. The number of halogens is 1. The molecule has 0 spiro atoms. The van der Waals surface area contributed by atoms with Crippen LogP contribution < -0.4 is 10.2 Å². The van der Waals surface area contributed by atoms with Crippen molar-refractivity contribution < 1.29 is 14.0 Å². The molecule has 1 aliphatic carbocycles. The zero-order chi connectivity index (χ0) is 14.5. The molecule has 2 fully saturated rings. The van der Waals surface area contributed by atoms with Gasteiger partial charge >= 0.3 is 7.12 Å². The summed E-state index contributed by atoms with van der Waals surface area (Å²) >= 11 is 5.97. The first-order valence-corrected chi connectivity index (χ1v) is 7.34. The van der Waals surface area contributed by atoms with Gasteiger partial charge in [0.2, 0.25) is 0 Å². The quantitative estimate of drug-likeness (QED) is 0.635. The second kappa shape index (κ2) is 4.62. The molecule has 1 saturated carbocycles. The minimum absolute atomic E-state index is 0.287. The van der Waals surface area contributed by atoms with Crippen LogP contribution in [0.15, 0.2) is 12.3 Å². The Bertz CT molecular complexity index is 515. The summed E-state index contributed by atoms with van der Waals surface area (Å²) in [5.41, 5.74) is 0.0439. The molecule has 6 heteroatoms. The third-order valence-corrected chi connectivity index (χ3v) is 4.39. The third-order valence-electron chi connectivity index (χ3n) is 4.19. The van der Waals surface area contributed by atoms with Crippen molar-refractivity contribution in [2.24, 2.45) is 0 Å². The molecule has 4 nitrogen and oxygen atoms in total. The van der Waals surface area contributed by atoms with Gasteiger partial charge in [-0.2, -0.15) is 0 Å². The van der Waals surface area contributed by atoms with Gasteiger partial charge in [-0.05, 0) is 40.5 Å². The SMILES string of the molecule is CC1(C)OB(c2cnc(Cl)cc2OC2CC2)OC1(C)C. The highest BCUT2D eigenvalue weighted by Crippen LogP contribution is 2.37. The van der Waals surface area contributed by atoms with Crippen LogP contribution in [0.4, 0.5) is 0 Å². The molecule has 1 aliphatic heterocycles. The summed E-state index contributed by atoms with van der Waals surface area (Å²) < 4.78 is 18.0. The molecule has 1 aromatic heterocycles. The van der Waals surface area contributed by atoms with E-state index in [9.17, 15) is 0 Å². The predicted molar refractivity (Wildman–Crippen MR) is 78.6 cm³/mol. The Balaban J connectivity index is 1.90. The lowest BCUT2D eigenvalue weighted by Gasteiger charge is -2.32. The van der Waals surface area contributed by atoms with Crippen molar-refractivity contribution in [1.82, 2.24) is 4.98 Å². The van der Waals surface area contributed by atoms with Crippen LogP contribution in [0.2, 0.25) is 5.15 Å². The van der Waals surface area contributed by atoms with Crippen molar-refractivity contribution in [3.8, 4) is 5.75 Å². The lowest BCUT2D eigenvalue weighted by Crippen LogP contribution is -2.41. The van der Waals surface area contributed by atoms with Gasteiger partial charge in [0.1, 0.15) is 10.9 Å². The molecule has 0 unspecified atom stereocenters. The summed E-state index contributed by atoms with van der Waals surface area (Å²) in [5.74, 6) is 0.714. The predicted octanol–water partition coefficient (Wildman–Crippen LogP) is 2.58. The molecule has 0 bridgehead atoms. The fourth-order valence-corrected chi connectivity index (χ4v) is 2.19. The Morgan fingerprint density at radius 3 is 2.40 bits per heavy atom. The fraction of sp³-hybridized carbons (Fsp3) is 0.643. The van der Waals surface area contributed by atoms with E-state index in [1.54, 1.807) is 12.3 Å². The van der Waals surface area contributed by atoms with Crippen LogP contribution in [0.5, 0.6) is 5.75 Å². The lowest BCUT2D eigenvalue weighted by atomic mass is 9.79. The van der Waals surface area contributed by atoms with Crippen LogP contribution in [-0.4, -0.2) is 29.4 Å². The van der Waals surface area contributed by atoms with E-state index >= 15 is 0 Å². The topological polar surface area (TPSA) is 40.6 Å². The van der Waals surface area contributed by atoms with E-state index in [-0.39, 0.29) is 17.3 Å². The van der Waals surface area contributed by atoms with Crippen LogP contribution in [-0.2, 0) is 9.31 Å². The van der Waals surface area contributed by atoms with Gasteiger partial charge in [-0.3, -0.25) is 0 Å². The molecule has 3 rings (SSSR count). The number of rotatable bonds is 3. The average molecular weight is 296 g/mol. The monoisotopic (exact) mass is 295 g/mol. The summed E-state index contributed by atoms with van der Waals surface area (Å²) in [6, 6.07) is 1.74. The maximum absolute atomic E-state index is 6.05. The second-order valence-corrected chi connectivity index (χ2v) is 6.84. The van der Waals surface area contributed by atoms with Crippen LogP contribution in [0.1, 0.15) is 40.5 Å². The van der Waals surface area contributed by atoms with Gasteiger partial charge < -0.3 is 14.0 Å². The van der Waals surface area contributed by atoms with E-state index in [1.165, 1.54) is 0 Å². The standard InChI is InChI=1S/C14H19BClNO3/c1-13(2)14(3,4)20-15(19-13)10-8-17-12(16)7-11(10)18-9-5-6-9/h7-9H,5-6H2,1-4H3. The number of hydrogen-bond donors (Lipinski definition) is 0. The Kier molecular flexibility index (Phi) is 3.27. The third kappa shape index (κ3) is 2.54. The first-order valence-electron chi connectivity index (χ1n) is 6.96. The molecule has 0 N–H and O–H groups in total. The van der Waals surface area contributed by atoms with Crippen molar-refractivity contribution in [3.63, 3.8) is 0 Å². The van der Waals surface area contributed by atoms with Gasteiger partial charge in [0.05, 0.1) is 17.3 Å². The maximum atomic E-state index is 6.05. The summed E-state index contributed by atoms with van der Waals surface area (Å²) in [6.45, 7) is 8.10. The molecule has 2 heterocycles. The molecule has 108 valence electrons. The van der Waals surface area contributed by atoms with Crippen molar-refractivity contribution in [1.29, 1.82) is 0 Å². The van der Waals surface area contributed by atoms with Crippen LogP contribution in [0.25, 0.3) is 0 Å². The zero-order valence-corrected chi connectivity index (χ0v) is 13.0. The van der Waals surface area contributed by atoms with Gasteiger partial charge in [-0.15, -0.1) is 0 Å². The van der Waals surface area contributed by atoms with Gasteiger partial charge in [-0.25, -0.2) is 4.98 Å². The van der Waals surface area contributed by atoms with Crippen molar-refractivity contribution in [2.75, 3.05) is 0 Å². The average Bonchev–Trinajstić information content (AvgIpc) is 3.07. The van der Waals surface area contributed by atoms with E-state index < -0.39 is 7.12 Å². The van der Waals surface area contributed by atoms with Gasteiger partial charge in [0, 0.05) is 17.7 Å². The van der Waals surface area contributed by atoms with E-state index in [0.29, 0.717) is 10.9 Å². The Morgan fingerprint density at radius 2 is 1.85 bits per heavy atom. The maximum Gasteiger partial charge on any atom is 0.500 e. The highest BCUT2D eigenvalue weighted by molar-refractivity contribution is 6.63. The number of hydrogen-bond acceptors (Lipinski definition) is 4. The first kappa shape index (κ1) is 14.2. The molecule has 2 aliphatic rings. The van der Waals surface area contributed by atoms with Gasteiger partial charge in [-0.1, -0.05) is 11.6 Å². The fourth-order valence-electron chi connectivity index (χ4n) is 2.04. The minimum atomic E-state index is -0.474. The first-order chi connectivity index (χ1) is 9.28. The Morgan fingerprint density at radius 1 is 1.25 bits per heavy atom. The summed E-state index contributed by atoms with van der Waals surface area (Å²) in [4.78, 5) is 4.13. The second-order valence-electron chi connectivity index (χ2n) is 6.45. The van der Waals surface area contributed by atoms with Crippen LogP contribution in [0.3, 0.4) is 0 Å². The molecular formula is C14H19BClNO3. The molecule has 20 heavy (non-hydrogen) atoms. The molecule has 0 atom stereocenters. The van der Waals surface area contributed by atoms with E-state index in [0.717, 1.165) is 18.3 Å². The van der Waals surface area contributed by atoms with Crippen molar-refractivity contribution in [2.45, 2.75) is 57.8 Å². The Hall–Kier alpha value is -0.775. The summed E-state index contributed by atoms with van der Waals surface area (Å²) in [5, 5.41) is 0.418. The molecular weight excluding hydrogens is 276 g/mol. The highest BCUT2D eigenvalue weighted by atomic mass is 35.5. The zero-order valence-electron chi connectivity index (χ0n) is 12.3. The van der Waals surface area contributed by atoms with Crippen LogP contribution in [0, 0.1) is 0 Å². The molecule has 0 radical (unpaired) electrons. The lowest BCUT2D eigenvalue weighted by molar-refractivity contribution is 0.00578. The molecule has 1 aromatic rings. The van der Waals surface area contributed by atoms with Crippen LogP contribution >= 0.6 is 11.6 Å². The van der Waals surface area contributed by atoms with Crippen molar-refractivity contribution >= 4 is 24.2 Å². The highest BCUT2D eigenvalue weighted by Gasteiger charge is 2.52. The molecule has 0 amide bonds.